The second-order valence-electron chi connectivity index (χ2n) is 8.76. The van der Waals surface area contributed by atoms with E-state index in [1.165, 1.54) is 17.0 Å². The summed E-state index contributed by atoms with van der Waals surface area (Å²) < 4.78 is 5.38. The summed E-state index contributed by atoms with van der Waals surface area (Å²) in [6.45, 7) is 0. The molecule has 2 aromatic rings. The van der Waals surface area contributed by atoms with Crippen molar-refractivity contribution in [2.75, 3.05) is 4.90 Å². The van der Waals surface area contributed by atoms with E-state index >= 15 is 0 Å². The van der Waals surface area contributed by atoms with E-state index in [1.54, 1.807) is 36.4 Å². The quantitative estimate of drug-likeness (QED) is 0.253. The summed E-state index contributed by atoms with van der Waals surface area (Å²) in [5, 5.41) is 0. The standard InChI is InChI=1S/C25H19NO5/c27-12-14-4-1-2-7-20(14)31-25(30)13-5-3-6-15(10-13)26-23(28)21-16-8-9-17(19-11-18(16)19)22(21)24(26)29/h1-10,12,16-19,21-22H,11H2. The number of imide groups is 1. The number of para-hydroxylation sites is 1. The maximum absolute atomic E-state index is 13.3. The topological polar surface area (TPSA) is 80.8 Å². The lowest BCUT2D eigenvalue weighted by Crippen LogP contribution is -2.40. The number of amides is 2. The third-order valence-electron chi connectivity index (χ3n) is 7.25. The maximum Gasteiger partial charge on any atom is 0.343 e. The Morgan fingerprint density at radius 3 is 2.29 bits per heavy atom. The van der Waals surface area contributed by atoms with E-state index in [9.17, 15) is 19.2 Å². The number of carbonyl (C=O) groups is 4. The van der Waals surface area contributed by atoms with Crippen molar-refractivity contribution in [3.63, 3.8) is 0 Å². The zero-order valence-corrected chi connectivity index (χ0v) is 16.5. The molecule has 6 atom stereocenters. The van der Waals surface area contributed by atoms with Crippen LogP contribution in [0.2, 0.25) is 0 Å². The van der Waals surface area contributed by atoms with E-state index in [0.29, 0.717) is 23.8 Å². The summed E-state index contributed by atoms with van der Waals surface area (Å²) in [5.41, 5.74) is 0.857. The summed E-state index contributed by atoms with van der Waals surface area (Å²) in [6.07, 6.45) is 5.99. The first-order valence-corrected chi connectivity index (χ1v) is 10.5. The van der Waals surface area contributed by atoms with Gasteiger partial charge in [0.1, 0.15) is 5.75 Å². The molecule has 6 heteroatoms. The van der Waals surface area contributed by atoms with Gasteiger partial charge in [0, 0.05) is 0 Å². The predicted octanol–water partition coefficient (Wildman–Crippen LogP) is 3.28. The molecule has 7 rings (SSSR count). The third kappa shape index (κ3) is 2.57. The minimum Gasteiger partial charge on any atom is -0.422 e. The van der Waals surface area contributed by atoms with Gasteiger partial charge in [-0.3, -0.25) is 14.4 Å². The van der Waals surface area contributed by atoms with Crippen LogP contribution in [0.5, 0.6) is 5.75 Å². The molecule has 6 unspecified atom stereocenters. The smallest absolute Gasteiger partial charge is 0.343 e. The van der Waals surface area contributed by atoms with Crippen molar-refractivity contribution >= 4 is 29.8 Å². The highest BCUT2D eigenvalue weighted by molar-refractivity contribution is 6.23. The Labute approximate surface area is 178 Å². The van der Waals surface area contributed by atoms with Crippen LogP contribution in [0.4, 0.5) is 5.69 Å². The van der Waals surface area contributed by atoms with Crippen LogP contribution < -0.4 is 9.64 Å². The number of aldehydes is 1. The Morgan fingerprint density at radius 1 is 0.935 bits per heavy atom. The van der Waals surface area contributed by atoms with E-state index in [-0.39, 0.29) is 52.4 Å². The van der Waals surface area contributed by atoms with Crippen LogP contribution in [0.1, 0.15) is 27.1 Å². The van der Waals surface area contributed by atoms with Crippen LogP contribution in [0.15, 0.2) is 60.7 Å². The zero-order chi connectivity index (χ0) is 21.3. The van der Waals surface area contributed by atoms with Gasteiger partial charge in [-0.1, -0.05) is 30.4 Å². The van der Waals surface area contributed by atoms with Gasteiger partial charge >= 0.3 is 5.97 Å². The second-order valence-corrected chi connectivity index (χ2v) is 8.76. The number of nitrogens with zero attached hydrogens (tertiary/aromatic N) is 1. The largest absolute Gasteiger partial charge is 0.422 e. The molecule has 2 bridgehead atoms. The van der Waals surface area contributed by atoms with E-state index in [2.05, 4.69) is 12.2 Å². The van der Waals surface area contributed by atoms with Gasteiger partial charge in [-0.15, -0.1) is 0 Å². The van der Waals surface area contributed by atoms with Crippen LogP contribution in [-0.2, 0) is 9.59 Å². The fourth-order valence-corrected chi connectivity index (χ4v) is 5.81. The zero-order valence-electron chi connectivity index (χ0n) is 16.5. The van der Waals surface area contributed by atoms with Crippen LogP contribution in [0.25, 0.3) is 0 Å². The number of hydrogen-bond donors (Lipinski definition) is 0. The Kier molecular flexibility index (Phi) is 3.81. The molecule has 2 amide bonds. The monoisotopic (exact) mass is 413 g/mol. The number of benzene rings is 2. The van der Waals surface area contributed by atoms with Crippen molar-refractivity contribution in [1.29, 1.82) is 0 Å². The molecule has 3 fully saturated rings. The van der Waals surface area contributed by atoms with Gasteiger partial charge in [-0.25, -0.2) is 9.69 Å². The number of esters is 1. The minimum atomic E-state index is -0.657. The second kappa shape index (κ2) is 6.48. The first-order chi connectivity index (χ1) is 15.1. The molecule has 5 aliphatic rings. The number of ether oxygens (including phenoxy) is 1. The van der Waals surface area contributed by atoms with Gasteiger partial charge in [-0.05, 0) is 60.4 Å². The van der Waals surface area contributed by atoms with Gasteiger partial charge in [0.25, 0.3) is 0 Å². The van der Waals surface area contributed by atoms with Crippen molar-refractivity contribution in [1.82, 2.24) is 0 Å². The van der Waals surface area contributed by atoms with E-state index in [4.69, 9.17) is 4.74 Å². The molecule has 0 radical (unpaired) electrons. The summed E-state index contributed by atoms with van der Waals surface area (Å²) in [7, 11) is 0. The molecule has 2 saturated carbocycles. The fourth-order valence-electron chi connectivity index (χ4n) is 5.81. The Morgan fingerprint density at radius 2 is 1.61 bits per heavy atom. The van der Waals surface area contributed by atoms with Gasteiger partial charge in [0.2, 0.25) is 11.8 Å². The summed E-state index contributed by atoms with van der Waals surface area (Å²) >= 11 is 0. The fraction of sp³-hybridized carbons (Fsp3) is 0.280. The molecule has 2 aromatic carbocycles. The van der Waals surface area contributed by atoms with Gasteiger partial charge < -0.3 is 4.74 Å². The molecule has 31 heavy (non-hydrogen) atoms. The van der Waals surface area contributed by atoms with Gasteiger partial charge in [-0.2, -0.15) is 0 Å². The molecule has 4 aliphatic carbocycles. The highest BCUT2D eigenvalue weighted by Gasteiger charge is 2.67. The predicted molar refractivity (Wildman–Crippen MR) is 110 cm³/mol. The SMILES string of the molecule is O=Cc1ccccc1OC(=O)c1cccc(N2C(=O)C3C4C=CC(C5CC45)C3C2=O)c1. The van der Waals surface area contributed by atoms with Crippen molar-refractivity contribution in [3.05, 3.63) is 71.8 Å². The number of allylic oxidation sites excluding steroid dienone is 2. The molecule has 1 aliphatic heterocycles. The number of rotatable bonds is 4. The van der Waals surface area contributed by atoms with Crippen LogP contribution in [0, 0.1) is 35.5 Å². The lowest BCUT2D eigenvalue weighted by atomic mass is 9.63. The molecular formula is C25H19NO5. The van der Waals surface area contributed by atoms with Crippen molar-refractivity contribution in [2.24, 2.45) is 35.5 Å². The average Bonchev–Trinajstić information content (AvgIpc) is 3.57. The van der Waals surface area contributed by atoms with Crippen molar-refractivity contribution in [3.8, 4) is 5.75 Å². The summed E-state index contributed by atoms with van der Waals surface area (Å²) in [5.74, 6) is -0.0522. The Bertz CT molecular complexity index is 1150. The van der Waals surface area contributed by atoms with Gasteiger partial charge in [0.05, 0.1) is 28.7 Å². The average molecular weight is 413 g/mol. The molecule has 0 N–H and O–H groups in total. The number of carbonyl (C=O) groups excluding carboxylic acids is 4. The molecule has 1 saturated heterocycles. The third-order valence-corrected chi connectivity index (χ3v) is 7.25. The van der Waals surface area contributed by atoms with Crippen LogP contribution >= 0.6 is 0 Å². The summed E-state index contributed by atoms with van der Waals surface area (Å²) in [4.78, 5) is 51.7. The molecule has 1 heterocycles. The molecule has 154 valence electrons. The Balaban J connectivity index is 1.29. The number of hydrogen-bond acceptors (Lipinski definition) is 5. The first kappa shape index (κ1) is 18.2. The molecule has 0 aromatic heterocycles. The lowest BCUT2D eigenvalue weighted by molar-refractivity contribution is -0.124. The highest BCUT2D eigenvalue weighted by Crippen LogP contribution is 2.65. The van der Waals surface area contributed by atoms with E-state index < -0.39 is 5.97 Å². The number of anilines is 1. The van der Waals surface area contributed by atoms with Crippen LogP contribution in [-0.4, -0.2) is 24.1 Å². The molecular weight excluding hydrogens is 394 g/mol. The van der Waals surface area contributed by atoms with Crippen molar-refractivity contribution in [2.45, 2.75) is 6.42 Å². The van der Waals surface area contributed by atoms with E-state index in [1.807, 2.05) is 0 Å². The van der Waals surface area contributed by atoms with Crippen molar-refractivity contribution < 1.29 is 23.9 Å². The molecule has 6 nitrogen and oxygen atoms in total. The summed E-state index contributed by atoms with van der Waals surface area (Å²) in [6, 6.07) is 12.8. The first-order valence-electron chi connectivity index (χ1n) is 10.5. The van der Waals surface area contributed by atoms with Crippen LogP contribution in [0.3, 0.4) is 0 Å². The Hall–Kier alpha value is -3.54. The minimum absolute atomic E-state index is 0.148. The van der Waals surface area contributed by atoms with E-state index in [0.717, 1.165) is 6.42 Å². The lowest BCUT2D eigenvalue weighted by Gasteiger charge is -2.37. The highest BCUT2D eigenvalue weighted by atomic mass is 16.5. The normalized spacial score (nSPS) is 31.9. The maximum atomic E-state index is 13.3. The van der Waals surface area contributed by atoms with Gasteiger partial charge in [0.15, 0.2) is 6.29 Å². The molecule has 0 spiro atoms.